The van der Waals surface area contributed by atoms with Gasteiger partial charge in [-0.15, -0.1) is 0 Å². The van der Waals surface area contributed by atoms with Crippen LogP contribution in [0.25, 0.3) is 0 Å². The van der Waals surface area contributed by atoms with Gasteiger partial charge in [-0.05, 0) is 43.9 Å². The van der Waals surface area contributed by atoms with Gasteiger partial charge in [-0.3, -0.25) is 0 Å². The van der Waals surface area contributed by atoms with Gasteiger partial charge in [0.05, 0.1) is 5.60 Å². The zero-order valence-electron chi connectivity index (χ0n) is 12.2. The number of aliphatic hydroxyl groups is 1. The highest BCUT2D eigenvalue weighted by Gasteiger charge is 2.59. The van der Waals surface area contributed by atoms with Gasteiger partial charge in [0.15, 0.2) is 0 Å². The highest BCUT2D eigenvalue weighted by molar-refractivity contribution is 5.57. The first kappa shape index (κ1) is 13.6. The third kappa shape index (κ3) is 2.07. The Balaban J connectivity index is 1.74. The van der Waals surface area contributed by atoms with Gasteiger partial charge in [0.2, 0.25) is 0 Å². The molecule has 0 aliphatic heterocycles. The van der Waals surface area contributed by atoms with E-state index < -0.39 is 5.60 Å². The Kier molecular flexibility index (Phi) is 3.49. The predicted octanol–water partition coefficient (Wildman–Crippen LogP) is 3.71. The number of hydrogen-bond acceptors (Lipinski definition) is 2. The first-order valence-corrected chi connectivity index (χ1v) is 8.27. The van der Waals surface area contributed by atoms with Crippen LogP contribution in [-0.4, -0.2) is 17.0 Å². The molecular formula is C17H28O2. The van der Waals surface area contributed by atoms with Crippen molar-refractivity contribution >= 4 is 6.29 Å². The standard InChI is InChI=1S/C17H28O2/c1-16-9-7-14(13-5-3-2-4-6-13)11-17(16,19)10-8-15(16)12-18/h12-15,19H,2-11H2,1H3/t14-,15+,16+,17-/m0/s1. The topological polar surface area (TPSA) is 37.3 Å². The lowest BCUT2D eigenvalue weighted by Gasteiger charge is -2.50. The molecule has 4 atom stereocenters. The summed E-state index contributed by atoms with van der Waals surface area (Å²) in [4.78, 5) is 11.3. The number of hydrogen-bond donors (Lipinski definition) is 1. The second-order valence-corrected chi connectivity index (χ2v) is 7.63. The molecule has 0 radical (unpaired) electrons. The van der Waals surface area contributed by atoms with Crippen LogP contribution < -0.4 is 0 Å². The summed E-state index contributed by atoms with van der Waals surface area (Å²) < 4.78 is 0. The van der Waals surface area contributed by atoms with Crippen LogP contribution in [0.4, 0.5) is 0 Å². The molecule has 1 N–H and O–H groups in total. The lowest BCUT2D eigenvalue weighted by atomic mass is 9.57. The molecule has 3 saturated carbocycles. The van der Waals surface area contributed by atoms with Crippen molar-refractivity contribution in [2.24, 2.45) is 23.2 Å². The molecule has 3 aliphatic carbocycles. The Hall–Kier alpha value is -0.370. The maximum Gasteiger partial charge on any atom is 0.123 e. The molecule has 3 rings (SSSR count). The minimum absolute atomic E-state index is 0.0878. The summed E-state index contributed by atoms with van der Waals surface area (Å²) in [6.45, 7) is 2.16. The van der Waals surface area contributed by atoms with Crippen molar-refractivity contribution in [3.8, 4) is 0 Å². The van der Waals surface area contributed by atoms with E-state index in [0.717, 1.165) is 37.9 Å². The largest absolute Gasteiger partial charge is 0.389 e. The van der Waals surface area contributed by atoms with Crippen molar-refractivity contribution in [1.29, 1.82) is 0 Å². The number of aldehydes is 1. The third-order valence-corrected chi connectivity index (χ3v) is 6.87. The molecule has 3 aliphatic rings. The van der Waals surface area contributed by atoms with E-state index in [9.17, 15) is 9.90 Å². The first-order valence-electron chi connectivity index (χ1n) is 8.27. The van der Waals surface area contributed by atoms with Crippen molar-refractivity contribution in [2.45, 2.75) is 76.7 Å². The van der Waals surface area contributed by atoms with Crippen LogP contribution in [0.1, 0.15) is 71.1 Å². The second kappa shape index (κ2) is 4.87. The van der Waals surface area contributed by atoms with Crippen LogP contribution in [0, 0.1) is 23.2 Å². The lowest BCUT2D eigenvalue weighted by Crippen LogP contribution is -2.51. The number of carbonyl (C=O) groups is 1. The molecule has 0 spiro atoms. The summed E-state index contributed by atoms with van der Waals surface area (Å²) >= 11 is 0. The summed E-state index contributed by atoms with van der Waals surface area (Å²) in [5, 5.41) is 11.1. The summed E-state index contributed by atoms with van der Waals surface area (Å²) in [5.74, 6) is 1.64. The predicted molar refractivity (Wildman–Crippen MR) is 75.8 cm³/mol. The Morgan fingerprint density at radius 3 is 2.42 bits per heavy atom. The minimum Gasteiger partial charge on any atom is -0.389 e. The summed E-state index contributed by atoms with van der Waals surface area (Å²) in [7, 11) is 0. The molecule has 0 heterocycles. The monoisotopic (exact) mass is 264 g/mol. The second-order valence-electron chi connectivity index (χ2n) is 7.63. The SMILES string of the molecule is C[C@]12CC[C@H](C3CCCCC3)C[C@@]1(O)CC[C@@H]2C=O. The average molecular weight is 264 g/mol. The Bertz CT molecular complexity index is 347. The van der Waals surface area contributed by atoms with E-state index in [1.807, 2.05) is 0 Å². The summed E-state index contributed by atoms with van der Waals surface area (Å²) in [6.07, 6.45) is 13.0. The van der Waals surface area contributed by atoms with E-state index in [0.29, 0.717) is 5.92 Å². The Labute approximate surface area is 117 Å². The van der Waals surface area contributed by atoms with Crippen LogP contribution >= 0.6 is 0 Å². The number of rotatable bonds is 2. The van der Waals surface area contributed by atoms with Crippen LogP contribution in [-0.2, 0) is 4.79 Å². The quantitative estimate of drug-likeness (QED) is 0.772. The van der Waals surface area contributed by atoms with Gasteiger partial charge in [0, 0.05) is 11.3 Å². The molecule has 0 aromatic heterocycles. The molecule has 3 fully saturated rings. The van der Waals surface area contributed by atoms with Crippen LogP contribution in [0.2, 0.25) is 0 Å². The van der Waals surface area contributed by atoms with Crippen LogP contribution in [0.5, 0.6) is 0 Å². The smallest absolute Gasteiger partial charge is 0.123 e. The fourth-order valence-corrected chi connectivity index (χ4v) is 5.34. The van der Waals surface area contributed by atoms with Gasteiger partial charge in [-0.25, -0.2) is 0 Å². The lowest BCUT2D eigenvalue weighted by molar-refractivity contribution is -0.136. The van der Waals surface area contributed by atoms with Crippen molar-refractivity contribution < 1.29 is 9.90 Å². The van der Waals surface area contributed by atoms with Crippen molar-refractivity contribution in [3.05, 3.63) is 0 Å². The fourth-order valence-electron chi connectivity index (χ4n) is 5.34. The van der Waals surface area contributed by atoms with Crippen molar-refractivity contribution in [3.63, 3.8) is 0 Å². The molecule has 0 amide bonds. The highest BCUT2D eigenvalue weighted by Crippen LogP contribution is 2.60. The van der Waals surface area contributed by atoms with E-state index in [-0.39, 0.29) is 11.3 Å². The van der Waals surface area contributed by atoms with E-state index in [2.05, 4.69) is 6.92 Å². The zero-order valence-corrected chi connectivity index (χ0v) is 12.2. The molecule has 108 valence electrons. The van der Waals surface area contributed by atoms with Gasteiger partial charge in [0.1, 0.15) is 6.29 Å². The van der Waals surface area contributed by atoms with Gasteiger partial charge in [0.25, 0.3) is 0 Å². The van der Waals surface area contributed by atoms with Crippen LogP contribution in [0.3, 0.4) is 0 Å². The first-order chi connectivity index (χ1) is 9.09. The Morgan fingerprint density at radius 1 is 1.00 bits per heavy atom. The van der Waals surface area contributed by atoms with Crippen LogP contribution in [0.15, 0.2) is 0 Å². The van der Waals surface area contributed by atoms with E-state index in [1.54, 1.807) is 0 Å². The average Bonchev–Trinajstić information content (AvgIpc) is 2.70. The molecule has 2 heteroatoms. The normalized spacial score (nSPS) is 47.9. The molecule has 0 saturated heterocycles. The van der Waals surface area contributed by atoms with E-state index >= 15 is 0 Å². The maximum absolute atomic E-state index is 11.3. The van der Waals surface area contributed by atoms with Gasteiger partial charge in [-0.1, -0.05) is 39.0 Å². The molecule has 0 bridgehead atoms. The molecule has 0 aromatic carbocycles. The minimum atomic E-state index is -0.557. The number of carbonyl (C=O) groups excluding carboxylic acids is 1. The van der Waals surface area contributed by atoms with Gasteiger partial charge < -0.3 is 9.90 Å². The van der Waals surface area contributed by atoms with Gasteiger partial charge in [-0.2, -0.15) is 0 Å². The molecule has 2 nitrogen and oxygen atoms in total. The molecule has 0 unspecified atom stereocenters. The molecule has 19 heavy (non-hydrogen) atoms. The van der Waals surface area contributed by atoms with Crippen molar-refractivity contribution in [1.82, 2.24) is 0 Å². The van der Waals surface area contributed by atoms with E-state index in [1.165, 1.54) is 38.5 Å². The third-order valence-electron chi connectivity index (χ3n) is 6.87. The highest BCUT2D eigenvalue weighted by atomic mass is 16.3. The van der Waals surface area contributed by atoms with E-state index in [4.69, 9.17) is 0 Å². The maximum atomic E-state index is 11.3. The molecular weight excluding hydrogens is 236 g/mol. The summed E-state index contributed by atoms with van der Waals surface area (Å²) in [6, 6.07) is 0. The van der Waals surface area contributed by atoms with Gasteiger partial charge >= 0.3 is 0 Å². The molecule has 0 aromatic rings. The summed E-state index contributed by atoms with van der Waals surface area (Å²) in [5.41, 5.74) is -0.696. The van der Waals surface area contributed by atoms with Crippen molar-refractivity contribution in [2.75, 3.05) is 0 Å². The number of fused-ring (bicyclic) bond motifs is 1. The Morgan fingerprint density at radius 2 is 1.74 bits per heavy atom. The zero-order chi connectivity index (χ0) is 13.5. The fraction of sp³-hybridized carbons (Fsp3) is 0.941.